The summed E-state index contributed by atoms with van der Waals surface area (Å²) in [5.74, 6) is 0.703. The Morgan fingerprint density at radius 2 is 1.44 bits per heavy atom. The van der Waals surface area contributed by atoms with Gasteiger partial charge in [0, 0.05) is 17.9 Å². The van der Waals surface area contributed by atoms with Gasteiger partial charge in [-0.2, -0.15) is 0 Å². The third-order valence-electron chi connectivity index (χ3n) is 6.75. The Bertz CT molecular complexity index is 1500. The standard InChI is InChI=1S/C30H25N3O/c1-21-31-27-17-16-25(32-19-18-22-10-8-9-15-28(22)32)20-26(27)30(34)33(21)29(23-11-4-2-5-12-23)24-13-6-3-7-14-24/h2-17,20,29H,18-19H2,1H3. The maximum absolute atomic E-state index is 14.1. The molecule has 4 aromatic carbocycles. The van der Waals surface area contributed by atoms with Crippen molar-refractivity contribution in [2.75, 3.05) is 11.4 Å². The van der Waals surface area contributed by atoms with E-state index in [9.17, 15) is 4.79 Å². The molecule has 0 saturated carbocycles. The first-order valence-electron chi connectivity index (χ1n) is 11.7. The van der Waals surface area contributed by atoms with E-state index in [0.717, 1.165) is 35.3 Å². The van der Waals surface area contributed by atoms with Gasteiger partial charge in [-0.05, 0) is 54.3 Å². The van der Waals surface area contributed by atoms with Crippen LogP contribution in [0.2, 0.25) is 0 Å². The van der Waals surface area contributed by atoms with E-state index < -0.39 is 0 Å². The molecule has 0 fully saturated rings. The molecule has 2 heterocycles. The molecule has 0 spiro atoms. The number of aromatic nitrogens is 2. The predicted octanol–water partition coefficient (Wildman–Crippen LogP) is 6.04. The summed E-state index contributed by atoms with van der Waals surface area (Å²) in [6, 6.07) is 34.7. The monoisotopic (exact) mass is 443 g/mol. The van der Waals surface area contributed by atoms with Crippen LogP contribution in [0.5, 0.6) is 0 Å². The highest BCUT2D eigenvalue weighted by Gasteiger charge is 2.23. The van der Waals surface area contributed by atoms with Crippen LogP contribution in [-0.4, -0.2) is 16.1 Å². The van der Waals surface area contributed by atoms with Gasteiger partial charge in [0.05, 0.1) is 16.9 Å². The zero-order valence-corrected chi connectivity index (χ0v) is 19.1. The molecule has 0 radical (unpaired) electrons. The van der Waals surface area contributed by atoms with Crippen molar-refractivity contribution in [1.82, 2.24) is 9.55 Å². The molecule has 0 N–H and O–H groups in total. The van der Waals surface area contributed by atoms with E-state index in [0.29, 0.717) is 11.2 Å². The zero-order chi connectivity index (χ0) is 23.1. The van der Waals surface area contributed by atoms with Crippen molar-refractivity contribution in [3.8, 4) is 0 Å². The first-order chi connectivity index (χ1) is 16.7. The maximum Gasteiger partial charge on any atom is 0.262 e. The minimum absolute atomic E-state index is 0.0189. The Kier molecular flexibility index (Phi) is 4.99. The van der Waals surface area contributed by atoms with Gasteiger partial charge in [-0.3, -0.25) is 9.36 Å². The van der Waals surface area contributed by atoms with Crippen molar-refractivity contribution >= 4 is 22.3 Å². The molecule has 34 heavy (non-hydrogen) atoms. The van der Waals surface area contributed by atoms with Gasteiger partial charge in [0.1, 0.15) is 5.82 Å². The van der Waals surface area contributed by atoms with Gasteiger partial charge in [-0.1, -0.05) is 78.9 Å². The summed E-state index contributed by atoms with van der Waals surface area (Å²) < 4.78 is 1.84. The van der Waals surface area contributed by atoms with Crippen LogP contribution >= 0.6 is 0 Å². The van der Waals surface area contributed by atoms with Crippen LogP contribution in [-0.2, 0) is 6.42 Å². The Hall–Kier alpha value is -4.18. The molecule has 6 rings (SSSR count). The van der Waals surface area contributed by atoms with Crippen molar-refractivity contribution in [2.45, 2.75) is 19.4 Å². The van der Waals surface area contributed by atoms with Crippen molar-refractivity contribution in [3.05, 3.63) is 136 Å². The number of rotatable bonds is 4. The normalized spacial score (nSPS) is 12.9. The highest BCUT2D eigenvalue weighted by atomic mass is 16.1. The number of nitrogens with zero attached hydrogens (tertiary/aromatic N) is 3. The van der Waals surface area contributed by atoms with Crippen LogP contribution in [0.15, 0.2) is 108 Å². The minimum Gasteiger partial charge on any atom is -0.341 e. The van der Waals surface area contributed by atoms with Gasteiger partial charge in [0.15, 0.2) is 0 Å². The van der Waals surface area contributed by atoms with Crippen molar-refractivity contribution in [2.24, 2.45) is 0 Å². The van der Waals surface area contributed by atoms with Crippen LogP contribution in [0.4, 0.5) is 11.4 Å². The molecule has 5 aromatic rings. The number of para-hydroxylation sites is 1. The Labute approximate surface area is 198 Å². The summed E-state index contributed by atoms with van der Waals surface area (Å²) in [4.78, 5) is 21.2. The summed E-state index contributed by atoms with van der Waals surface area (Å²) in [5, 5.41) is 0.643. The summed E-state index contributed by atoms with van der Waals surface area (Å²) in [6.07, 6.45) is 1.01. The number of anilines is 2. The third-order valence-corrected chi connectivity index (χ3v) is 6.75. The largest absolute Gasteiger partial charge is 0.341 e. The van der Waals surface area contributed by atoms with Gasteiger partial charge in [0.2, 0.25) is 0 Å². The lowest BCUT2D eigenvalue weighted by molar-refractivity contribution is 0.620. The fourth-order valence-corrected chi connectivity index (χ4v) is 5.14. The quantitative estimate of drug-likeness (QED) is 0.340. The number of hydrogen-bond donors (Lipinski definition) is 0. The van der Waals surface area contributed by atoms with Gasteiger partial charge in [0.25, 0.3) is 5.56 Å². The lowest BCUT2D eigenvalue weighted by Gasteiger charge is -2.24. The Balaban J connectivity index is 1.55. The topological polar surface area (TPSA) is 38.1 Å². The molecule has 0 atom stereocenters. The average Bonchev–Trinajstić information content (AvgIpc) is 3.32. The lowest BCUT2D eigenvalue weighted by atomic mass is 9.98. The van der Waals surface area contributed by atoms with Gasteiger partial charge in [-0.25, -0.2) is 4.98 Å². The molecule has 1 aliphatic rings. The first kappa shape index (κ1) is 20.4. The first-order valence-corrected chi connectivity index (χ1v) is 11.7. The molecule has 4 heteroatoms. The summed E-state index contributed by atoms with van der Waals surface area (Å²) in [7, 11) is 0. The van der Waals surface area contributed by atoms with E-state index >= 15 is 0 Å². The molecule has 4 nitrogen and oxygen atoms in total. The molecule has 1 aromatic heterocycles. The van der Waals surface area contributed by atoms with Gasteiger partial charge < -0.3 is 4.90 Å². The predicted molar refractivity (Wildman–Crippen MR) is 138 cm³/mol. The smallest absolute Gasteiger partial charge is 0.262 e. The van der Waals surface area contributed by atoms with Gasteiger partial charge >= 0.3 is 0 Å². The number of hydrogen-bond acceptors (Lipinski definition) is 3. The lowest BCUT2D eigenvalue weighted by Crippen LogP contribution is -2.29. The highest BCUT2D eigenvalue weighted by Crippen LogP contribution is 2.35. The molecule has 0 bridgehead atoms. The summed E-state index contributed by atoms with van der Waals surface area (Å²) in [6.45, 7) is 2.83. The third kappa shape index (κ3) is 3.39. The van der Waals surface area contributed by atoms with E-state index in [-0.39, 0.29) is 11.6 Å². The fraction of sp³-hybridized carbons (Fsp3) is 0.133. The van der Waals surface area contributed by atoms with Crippen LogP contribution in [0, 0.1) is 6.92 Å². The van der Waals surface area contributed by atoms with Crippen molar-refractivity contribution in [1.29, 1.82) is 0 Å². The SMILES string of the molecule is Cc1nc2ccc(N3CCc4ccccc43)cc2c(=O)n1C(c1ccccc1)c1ccccc1. The molecular weight excluding hydrogens is 418 g/mol. The van der Waals surface area contributed by atoms with Crippen LogP contribution < -0.4 is 10.5 Å². The average molecular weight is 444 g/mol. The zero-order valence-electron chi connectivity index (χ0n) is 19.1. The van der Waals surface area contributed by atoms with Gasteiger partial charge in [-0.15, -0.1) is 0 Å². The van der Waals surface area contributed by atoms with Crippen LogP contribution in [0.25, 0.3) is 10.9 Å². The molecule has 0 unspecified atom stereocenters. The molecular formula is C30H25N3O. The van der Waals surface area contributed by atoms with Crippen molar-refractivity contribution in [3.63, 3.8) is 0 Å². The van der Waals surface area contributed by atoms with E-state index in [1.807, 2.05) is 60.0 Å². The molecule has 0 aliphatic carbocycles. The molecule has 1 aliphatic heterocycles. The molecule has 0 amide bonds. The second-order valence-corrected chi connectivity index (χ2v) is 8.79. The fourth-order valence-electron chi connectivity index (χ4n) is 5.14. The molecule has 0 saturated heterocycles. The van der Waals surface area contributed by atoms with E-state index in [1.165, 1.54) is 11.3 Å². The Morgan fingerprint density at radius 1 is 0.794 bits per heavy atom. The van der Waals surface area contributed by atoms with Crippen LogP contribution in [0.1, 0.15) is 28.6 Å². The minimum atomic E-state index is -0.247. The Morgan fingerprint density at radius 3 is 2.15 bits per heavy atom. The number of fused-ring (bicyclic) bond motifs is 2. The second-order valence-electron chi connectivity index (χ2n) is 8.79. The van der Waals surface area contributed by atoms with E-state index in [1.54, 1.807) is 0 Å². The number of aryl methyl sites for hydroxylation is 1. The maximum atomic E-state index is 14.1. The van der Waals surface area contributed by atoms with Crippen LogP contribution in [0.3, 0.4) is 0 Å². The van der Waals surface area contributed by atoms with E-state index in [4.69, 9.17) is 4.98 Å². The highest BCUT2D eigenvalue weighted by molar-refractivity contribution is 5.84. The summed E-state index contributed by atoms with van der Waals surface area (Å²) >= 11 is 0. The van der Waals surface area contributed by atoms with E-state index in [2.05, 4.69) is 59.5 Å². The molecule has 166 valence electrons. The second kappa shape index (κ2) is 8.31. The summed E-state index contributed by atoms with van der Waals surface area (Å²) in [5.41, 5.74) is 6.42. The number of benzene rings is 4. The van der Waals surface area contributed by atoms with Crippen molar-refractivity contribution < 1.29 is 0 Å².